The standard InChI is InChI=1S/C86H62B2F4N6/c1-85(2,3)51-39-41-71-59(43-51)57-27-13-17-35-69(57)95(71)55-45-77-81-79(47-55)97(83-65(89)31-21-32-66(83)90)73-37-19-15-29-61(73)87(81)63-49-64-76(50-75(63)93(77)53-23-9-7-10-24-53)94(54-25-11-8-12-26-54)78-46-56(96-70-36-18-14-28-58(70)60-44-52(86(4,5)6)40-42-72(60)96)48-80-82(78)88(64)62-30-16-20-38-74(62)98(80)84-67(91)33-22-34-68(84)92/h7-50H,1-6H3. The molecule has 13 aromatic carbocycles. The second-order valence-electron chi connectivity index (χ2n) is 28.6. The number of halogens is 4. The van der Waals surface area contributed by atoms with Gasteiger partial charge >= 0.3 is 0 Å². The average Bonchev–Trinajstić information content (AvgIpc) is 0.742. The number of aromatic nitrogens is 2. The van der Waals surface area contributed by atoms with E-state index < -0.39 is 36.7 Å². The third-order valence-electron chi connectivity index (χ3n) is 21.0. The fourth-order valence-electron chi connectivity index (χ4n) is 16.6. The van der Waals surface area contributed by atoms with Gasteiger partial charge in [0.05, 0.1) is 33.4 Å². The molecule has 0 aliphatic carbocycles. The van der Waals surface area contributed by atoms with Crippen LogP contribution in [0.3, 0.4) is 0 Å². The maximum Gasteiger partial charge on any atom is 0.252 e. The number of anilines is 12. The zero-order valence-electron chi connectivity index (χ0n) is 54.8. The van der Waals surface area contributed by atoms with Crippen LogP contribution in [0.2, 0.25) is 0 Å². The summed E-state index contributed by atoms with van der Waals surface area (Å²) >= 11 is 0. The van der Waals surface area contributed by atoms with Gasteiger partial charge in [-0.25, -0.2) is 17.6 Å². The summed E-state index contributed by atoms with van der Waals surface area (Å²) < 4.78 is 73.7. The summed E-state index contributed by atoms with van der Waals surface area (Å²) in [5, 5.41) is 4.37. The second kappa shape index (κ2) is 21.0. The van der Waals surface area contributed by atoms with Crippen molar-refractivity contribution in [2.45, 2.75) is 52.4 Å². The lowest BCUT2D eigenvalue weighted by molar-refractivity contribution is 0.585. The van der Waals surface area contributed by atoms with Crippen molar-refractivity contribution in [3.8, 4) is 11.4 Å². The van der Waals surface area contributed by atoms with Gasteiger partial charge in [0, 0.05) is 78.4 Å². The zero-order chi connectivity index (χ0) is 66.4. The van der Waals surface area contributed by atoms with Gasteiger partial charge in [0.15, 0.2) is 0 Å². The molecule has 2 aromatic heterocycles. The second-order valence-corrected chi connectivity index (χ2v) is 28.6. The first-order valence-electron chi connectivity index (χ1n) is 33.6. The molecule has 0 spiro atoms. The smallest absolute Gasteiger partial charge is 0.252 e. The summed E-state index contributed by atoms with van der Waals surface area (Å²) in [6.07, 6.45) is 0. The van der Waals surface area contributed by atoms with E-state index in [1.165, 1.54) is 47.5 Å². The summed E-state index contributed by atoms with van der Waals surface area (Å²) in [5.74, 6) is -2.77. The number of nitrogens with zero attached hydrogens (tertiary/aromatic N) is 6. The Kier molecular flexibility index (Phi) is 12.4. The fraction of sp³-hybridized carbons (Fsp3) is 0.0930. The topological polar surface area (TPSA) is 22.8 Å². The molecule has 0 radical (unpaired) electrons. The van der Waals surface area contributed by atoms with Gasteiger partial charge in [0.25, 0.3) is 13.4 Å². The van der Waals surface area contributed by atoms with Gasteiger partial charge in [-0.3, -0.25) is 0 Å². The summed E-state index contributed by atoms with van der Waals surface area (Å²) in [4.78, 5) is 8.32. The van der Waals surface area contributed by atoms with Crippen LogP contribution in [-0.4, -0.2) is 22.6 Å². The highest BCUT2D eigenvalue weighted by Gasteiger charge is 2.50. The van der Waals surface area contributed by atoms with E-state index in [0.717, 1.165) is 122 Å². The SMILES string of the molecule is CC(C)(C)c1ccc2c(c1)c1ccccc1n2-c1cc2c3c(c1)N(c1c(F)cccc1F)c1ccccc1B3c1cc3c(cc1N2c1ccccc1)N(c1ccccc1)c1cc(-n2c4ccccc4c4cc(C(C)(C)C)ccc42)cc2c1B3c1ccccc1N2c1c(F)cccc1F. The van der Waals surface area contributed by atoms with E-state index in [9.17, 15) is 0 Å². The van der Waals surface area contributed by atoms with Crippen molar-refractivity contribution in [1.29, 1.82) is 0 Å². The highest BCUT2D eigenvalue weighted by Crippen LogP contribution is 2.52. The first-order valence-corrected chi connectivity index (χ1v) is 33.6. The Labute approximate surface area is 566 Å². The number of hydrogen-bond acceptors (Lipinski definition) is 4. The minimum absolute atomic E-state index is 0.129. The normalized spacial score (nSPS) is 13.7. The minimum Gasteiger partial charge on any atom is -0.311 e. The Morgan fingerprint density at radius 1 is 0.255 bits per heavy atom. The molecule has 470 valence electrons. The van der Waals surface area contributed by atoms with Gasteiger partial charge in [0.2, 0.25) is 0 Å². The van der Waals surface area contributed by atoms with Crippen LogP contribution in [0.5, 0.6) is 0 Å². The molecule has 0 saturated carbocycles. The van der Waals surface area contributed by atoms with Crippen molar-refractivity contribution in [1.82, 2.24) is 9.13 Å². The predicted octanol–water partition coefficient (Wildman–Crippen LogP) is 19.2. The Morgan fingerprint density at radius 3 is 1.00 bits per heavy atom. The van der Waals surface area contributed by atoms with E-state index in [4.69, 9.17) is 0 Å². The van der Waals surface area contributed by atoms with Crippen LogP contribution in [0.15, 0.2) is 267 Å². The van der Waals surface area contributed by atoms with E-state index >= 15 is 17.6 Å². The Morgan fingerprint density at radius 2 is 0.602 bits per heavy atom. The fourth-order valence-corrected chi connectivity index (χ4v) is 16.6. The number of benzene rings is 13. The third kappa shape index (κ3) is 8.30. The van der Waals surface area contributed by atoms with Crippen molar-refractivity contribution in [2.24, 2.45) is 0 Å². The van der Waals surface area contributed by atoms with Crippen LogP contribution in [0.25, 0.3) is 55.0 Å². The lowest BCUT2D eigenvalue weighted by Crippen LogP contribution is -2.65. The summed E-state index contributed by atoms with van der Waals surface area (Å²) in [7, 11) is 0. The van der Waals surface area contributed by atoms with Crippen molar-refractivity contribution >= 4 is 158 Å². The molecule has 0 N–H and O–H groups in total. The number of hydrogen-bond donors (Lipinski definition) is 0. The van der Waals surface area contributed by atoms with Crippen molar-refractivity contribution in [3.05, 3.63) is 301 Å². The van der Waals surface area contributed by atoms with Gasteiger partial charge in [-0.15, -0.1) is 0 Å². The summed E-state index contributed by atoms with van der Waals surface area (Å²) in [6.45, 7) is 12.4. The number of fused-ring (bicyclic) bond motifs is 14. The molecular formula is C86H62B2F4N6. The Bertz CT molecular complexity index is 5510. The van der Waals surface area contributed by atoms with Crippen LogP contribution in [0.1, 0.15) is 52.7 Å². The van der Waals surface area contributed by atoms with E-state index in [1.807, 2.05) is 58.3 Å². The first-order chi connectivity index (χ1) is 47.6. The van der Waals surface area contributed by atoms with Crippen LogP contribution < -0.4 is 52.4 Å². The van der Waals surface area contributed by atoms with Crippen LogP contribution in [0.4, 0.5) is 85.8 Å². The quantitative estimate of drug-likeness (QED) is 0.122. The van der Waals surface area contributed by atoms with Crippen LogP contribution >= 0.6 is 0 Å². The molecule has 98 heavy (non-hydrogen) atoms. The van der Waals surface area contributed by atoms with Gasteiger partial charge in [-0.2, -0.15) is 0 Å². The van der Waals surface area contributed by atoms with Gasteiger partial charge in [-0.1, -0.05) is 181 Å². The number of para-hydroxylation sites is 8. The maximum atomic E-state index is 17.3. The molecule has 12 heteroatoms. The first kappa shape index (κ1) is 57.9. The molecule has 0 amide bonds. The van der Waals surface area contributed by atoms with Gasteiger partial charge in [0.1, 0.15) is 34.6 Å². The molecule has 0 atom stereocenters. The van der Waals surface area contributed by atoms with Crippen LogP contribution in [0, 0.1) is 23.3 Å². The Hall–Kier alpha value is -11.5. The molecule has 0 saturated heterocycles. The molecule has 19 rings (SSSR count). The molecule has 0 fully saturated rings. The lowest BCUT2D eigenvalue weighted by Gasteiger charge is -2.47. The zero-order valence-corrected chi connectivity index (χ0v) is 54.8. The molecule has 4 aliphatic rings. The maximum absolute atomic E-state index is 17.3. The third-order valence-corrected chi connectivity index (χ3v) is 21.0. The van der Waals surface area contributed by atoms with E-state index in [0.29, 0.717) is 22.7 Å². The minimum atomic E-state index is -0.694. The predicted molar refractivity (Wildman–Crippen MR) is 400 cm³/mol. The van der Waals surface area contributed by atoms with Crippen molar-refractivity contribution in [3.63, 3.8) is 0 Å². The van der Waals surface area contributed by atoms with E-state index in [2.05, 4.69) is 242 Å². The molecule has 4 aliphatic heterocycles. The van der Waals surface area contributed by atoms with Crippen LogP contribution in [-0.2, 0) is 10.8 Å². The van der Waals surface area contributed by atoms with Gasteiger partial charge in [-0.05, 0) is 182 Å². The van der Waals surface area contributed by atoms with E-state index in [-0.39, 0.29) is 22.2 Å². The molecule has 6 nitrogen and oxygen atoms in total. The lowest BCUT2D eigenvalue weighted by atomic mass is 9.30. The highest BCUT2D eigenvalue weighted by atomic mass is 19.1. The number of rotatable bonds is 6. The van der Waals surface area contributed by atoms with E-state index in [1.54, 1.807) is 0 Å². The highest BCUT2D eigenvalue weighted by molar-refractivity contribution is 7.03. The molecule has 6 heterocycles. The molecule has 15 aromatic rings. The summed E-state index contributed by atoms with van der Waals surface area (Å²) in [6, 6.07) is 89.2. The summed E-state index contributed by atoms with van der Waals surface area (Å²) in [5.41, 5.74) is 20.6. The van der Waals surface area contributed by atoms with Crippen molar-refractivity contribution in [2.75, 3.05) is 19.6 Å². The largest absolute Gasteiger partial charge is 0.311 e. The molecule has 0 bridgehead atoms. The molecule has 0 unspecified atom stereocenters. The monoisotopic (exact) mass is 1280 g/mol. The molecular weight excluding hydrogens is 1210 g/mol. The van der Waals surface area contributed by atoms with Crippen molar-refractivity contribution < 1.29 is 17.6 Å². The Balaban J connectivity index is 0.947. The van der Waals surface area contributed by atoms with Gasteiger partial charge < -0.3 is 28.7 Å². The average molecular weight is 1280 g/mol.